The standard InChI is InChI=1S/C8H18N2/c9-5-4-7-2-1-3-8(10)6-7/h7-8H,1-6,9-10H2/t7-,8-/m1/s1. The van der Waals surface area contributed by atoms with Gasteiger partial charge in [0.2, 0.25) is 0 Å². The molecule has 0 spiro atoms. The fraction of sp³-hybridized carbons (Fsp3) is 1.00. The molecule has 0 aromatic rings. The highest BCUT2D eigenvalue weighted by molar-refractivity contribution is 4.74. The van der Waals surface area contributed by atoms with Crippen molar-refractivity contribution in [3.63, 3.8) is 0 Å². The van der Waals surface area contributed by atoms with Crippen LogP contribution < -0.4 is 11.5 Å². The molecule has 10 heavy (non-hydrogen) atoms. The average molecular weight is 142 g/mol. The lowest BCUT2D eigenvalue weighted by atomic mass is 9.84. The van der Waals surface area contributed by atoms with E-state index in [1.54, 1.807) is 0 Å². The molecule has 0 aliphatic heterocycles. The Hall–Kier alpha value is -0.0800. The topological polar surface area (TPSA) is 52.0 Å². The molecule has 0 unspecified atom stereocenters. The third-order valence-electron chi connectivity index (χ3n) is 2.40. The van der Waals surface area contributed by atoms with Crippen molar-refractivity contribution in [1.82, 2.24) is 0 Å². The van der Waals surface area contributed by atoms with E-state index < -0.39 is 0 Å². The van der Waals surface area contributed by atoms with Crippen LogP contribution in [0.3, 0.4) is 0 Å². The molecule has 2 heteroatoms. The van der Waals surface area contributed by atoms with E-state index in [0.717, 1.165) is 12.5 Å². The van der Waals surface area contributed by atoms with Gasteiger partial charge in [-0.1, -0.05) is 12.8 Å². The fourth-order valence-corrected chi connectivity index (χ4v) is 1.83. The maximum atomic E-state index is 5.81. The van der Waals surface area contributed by atoms with Gasteiger partial charge in [-0.25, -0.2) is 0 Å². The van der Waals surface area contributed by atoms with Crippen molar-refractivity contribution in [2.24, 2.45) is 17.4 Å². The second-order valence-corrected chi connectivity index (χ2v) is 3.37. The lowest BCUT2D eigenvalue weighted by Crippen LogP contribution is -2.28. The molecule has 1 rings (SSSR count). The second kappa shape index (κ2) is 3.94. The van der Waals surface area contributed by atoms with Crippen LogP contribution in [0.1, 0.15) is 32.1 Å². The molecular weight excluding hydrogens is 124 g/mol. The van der Waals surface area contributed by atoms with E-state index >= 15 is 0 Å². The molecule has 4 N–H and O–H groups in total. The summed E-state index contributed by atoms with van der Waals surface area (Å²) in [5.74, 6) is 0.828. The molecule has 1 fully saturated rings. The van der Waals surface area contributed by atoms with Crippen LogP contribution in [0.5, 0.6) is 0 Å². The third kappa shape index (κ3) is 2.27. The Bertz CT molecular complexity index is 91.3. The van der Waals surface area contributed by atoms with E-state index in [2.05, 4.69) is 0 Å². The molecule has 0 saturated heterocycles. The first-order valence-electron chi connectivity index (χ1n) is 4.28. The summed E-state index contributed by atoms with van der Waals surface area (Å²) in [4.78, 5) is 0. The predicted molar refractivity (Wildman–Crippen MR) is 43.6 cm³/mol. The first kappa shape index (κ1) is 8.02. The molecule has 60 valence electrons. The smallest absolute Gasteiger partial charge is 0.00414 e. The number of rotatable bonds is 2. The molecule has 1 aliphatic carbocycles. The van der Waals surface area contributed by atoms with Crippen molar-refractivity contribution in [3.05, 3.63) is 0 Å². The van der Waals surface area contributed by atoms with E-state index in [-0.39, 0.29) is 0 Å². The summed E-state index contributed by atoms with van der Waals surface area (Å²) >= 11 is 0. The molecule has 0 aromatic heterocycles. The third-order valence-corrected chi connectivity index (χ3v) is 2.40. The summed E-state index contributed by atoms with van der Waals surface area (Å²) < 4.78 is 0. The maximum Gasteiger partial charge on any atom is 0.00414 e. The molecule has 1 aliphatic rings. The van der Waals surface area contributed by atoms with Crippen molar-refractivity contribution in [3.8, 4) is 0 Å². The molecule has 2 atom stereocenters. The molecular formula is C8H18N2. The largest absolute Gasteiger partial charge is 0.330 e. The first-order chi connectivity index (χ1) is 4.83. The van der Waals surface area contributed by atoms with Gasteiger partial charge in [0.1, 0.15) is 0 Å². The second-order valence-electron chi connectivity index (χ2n) is 3.37. The van der Waals surface area contributed by atoms with Crippen LogP contribution >= 0.6 is 0 Å². The van der Waals surface area contributed by atoms with E-state index in [4.69, 9.17) is 11.5 Å². The van der Waals surface area contributed by atoms with Crippen molar-refractivity contribution in [2.45, 2.75) is 38.1 Å². The summed E-state index contributed by atoms with van der Waals surface area (Å²) in [7, 11) is 0. The van der Waals surface area contributed by atoms with Gasteiger partial charge in [-0.15, -0.1) is 0 Å². The Morgan fingerprint density at radius 1 is 1.30 bits per heavy atom. The van der Waals surface area contributed by atoms with Crippen LogP contribution in [0.15, 0.2) is 0 Å². The summed E-state index contributed by atoms with van der Waals surface area (Å²) in [5, 5.41) is 0. The van der Waals surface area contributed by atoms with Gasteiger partial charge in [-0.2, -0.15) is 0 Å². The van der Waals surface area contributed by atoms with Gasteiger partial charge in [-0.05, 0) is 31.7 Å². The van der Waals surface area contributed by atoms with Crippen LogP contribution in [-0.2, 0) is 0 Å². The number of hydrogen-bond acceptors (Lipinski definition) is 2. The van der Waals surface area contributed by atoms with Gasteiger partial charge in [0.15, 0.2) is 0 Å². The molecule has 0 aromatic carbocycles. The quantitative estimate of drug-likeness (QED) is 0.600. The fourth-order valence-electron chi connectivity index (χ4n) is 1.83. The minimum absolute atomic E-state index is 0.463. The summed E-state index contributed by atoms with van der Waals surface area (Å²) in [6.07, 6.45) is 6.27. The van der Waals surface area contributed by atoms with Gasteiger partial charge >= 0.3 is 0 Å². The van der Waals surface area contributed by atoms with Crippen LogP contribution in [-0.4, -0.2) is 12.6 Å². The van der Waals surface area contributed by atoms with Crippen LogP contribution in [0.4, 0.5) is 0 Å². The highest BCUT2D eigenvalue weighted by Gasteiger charge is 2.17. The molecule has 1 saturated carbocycles. The zero-order chi connectivity index (χ0) is 7.40. The van der Waals surface area contributed by atoms with E-state index in [1.807, 2.05) is 0 Å². The van der Waals surface area contributed by atoms with Gasteiger partial charge in [0, 0.05) is 6.04 Å². The van der Waals surface area contributed by atoms with Crippen LogP contribution in [0, 0.1) is 5.92 Å². The highest BCUT2D eigenvalue weighted by Crippen LogP contribution is 2.24. The predicted octanol–water partition coefficient (Wildman–Crippen LogP) is 0.853. The average Bonchev–Trinajstić information content (AvgIpc) is 1.88. The normalized spacial score (nSPS) is 34.2. The minimum atomic E-state index is 0.463. The van der Waals surface area contributed by atoms with Gasteiger partial charge < -0.3 is 11.5 Å². The van der Waals surface area contributed by atoms with E-state index in [0.29, 0.717) is 6.04 Å². The van der Waals surface area contributed by atoms with Crippen molar-refractivity contribution >= 4 is 0 Å². The van der Waals surface area contributed by atoms with E-state index in [9.17, 15) is 0 Å². The molecule has 2 nitrogen and oxygen atoms in total. The van der Waals surface area contributed by atoms with Gasteiger partial charge in [0.25, 0.3) is 0 Å². The Kier molecular flexibility index (Phi) is 3.16. The van der Waals surface area contributed by atoms with Gasteiger partial charge in [-0.3, -0.25) is 0 Å². The van der Waals surface area contributed by atoms with Crippen LogP contribution in [0.25, 0.3) is 0 Å². The van der Waals surface area contributed by atoms with Crippen molar-refractivity contribution in [2.75, 3.05) is 6.54 Å². The molecule has 0 bridgehead atoms. The lowest BCUT2D eigenvalue weighted by molar-refractivity contribution is 0.310. The highest BCUT2D eigenvalue weighted by atomic mass is 14.6. The summed E-state index contributed by atoms with van der Waals surface area (Å²) in [6.45, 7) is 0.831. The summed E-state index contributed by atoms with van der Waals surface area (Å²) in [5.41, 5.74) is 11.3. The zero-order valence-electron chi connectivity index (χ0n) is 6.55. The Morgan fingerprint density at radius 3 is 2.70 bits per heavy atom. The van der Waals surface area contributed by atoms with Gasteiger partial charge in [0.05, 0.1) is 0 Å². The molecule has 0 heterocycles. The Morgan fingerprint density at radius 2 is 2.10 bits per heavy atom. The zero-order valence-corrected chi connectivity index (χ0v) is 6.55. The minimum Gasteiger partial charge on any atom is -0.330 e. The lowest BCUT2D eigenvalue weighted by Gasteiger charge is -2.25. The summed E-state index contributed by atoms with van der Waals surface area (Å²) in [6, 6.07) is 0.463. The van der Waals surface area contributed by atoms with Crippen LogP contribution in [0.2, 0.25) is 0 Å². The Labute approximate surface area is 63.0 Å². The molecule has 0 amide bonds. The number of nitrogens with two attached hydrogens (primary N) is 2. The molecule has 0 radical (unpaired) electrons. The Balaban J connectivity index is 2.18. The van der Waals surface area contributed by atoms with E-state index in [1.165, 1.54) is 32.1 Å². The van der Waals surface area contributed by atoms with Crippen molar-refractivity contribution < 1.29 is 0 Å². The van der Waals surface area contributed by atoms with Crippen molar-refractivity contribution in [1.29, 1.82) is 0 Å². The maximum absolute atomic E-state index is 5.81. The number of hydrogen-bond donors (Lipinski definition) is 2. The SMILES string of the molecule is NCC[C@H]1CCC[C@@H](N)C1. The first-order valence-corrected chi connectivity index (χ1v) is 4.28. The monoisotopic (exact) mass is 142 g/mol.